The summed E-state index contributed by atoms with van der Waals surface area (Å²) in [7, 11) is 1.62. The van der Waals surface area contributed by atoms with Gasteiger partial charge in [0.2, 0.25) is 0 Å². The SMILES string of the molecule is CC[C@H](C)c1ccc(NC(=O)C[NH+](C)CC(=O)Nc2ccc(F)c(F)c2F)cc1. The fraction of sp³-hybridized carbons (Fsp3) is 0.333. The summed E-state index contributed by atoms with van der Waals surface area (Å²) in [5.74, 6) is -4.93. The van der Waals surface area contributed by atoms with Gasteiger partial charge >= 0.3 is 0 Å². The van der Waals surface area contributed by atoms with Crippen molar-refractivity contribution in [1.82, 2.24) is 0 Å². The molecule has 2 atom stereocenters. The number of carbonyl (C=O) groups excluding carboxylic acids is 2. The molecular formula is C21H25F3N3O2+. The number of anilines is 2. The van der Waals surface area contributed by atoms with Crippen molar-refractivity contribution in [3.8, 4) is 0 Å². The molecule has 0 saturated heterocycles. The molecule has 2 aromatic carbocycles. The molecule has 0 heterocycles. The van der Waals surface area contributed by atoms with Gasteiger partial charge in [-0.3, -0.25) is 9.59 Å². The highest BCUT2D eigenvalue weighted by molar-refractivity contribution is 5.93. The third kappa shape index (κ3) is 6.32. The summed E-state index contributed by atoms with van der Waals surface area (Å²) < 4.78 is 39.8. The van der Waals surface area contributed by atoms with Gasteiger partial charge in [-0.15, -0.1) is 0 Å². The van der Waals surface area contributed by atoms with Gasteiger partial charge < -0.3 is 15.5 Å². The Morgan fingerprint density at radius 2 is 1.52 bits per heavy atom. The van der Waals surface area contributed by atoms with Gasteiger partial charge in [0, 0.05) is 5.69 Å². The van der Waals surface area contributed by atoms with E-state index < -0.39 is 29.0 Å². The Balaban J connectivity index is 1.85. The molecular weight excluding hydrogens is 383 g/mol. The van der Waals surface area contributed by atoms with E-state index in [1.165, 1.54) is 5.56 Å². The Labute approximate surface area is 167 Å². The molecule has 0 radical (unpaired) electrons. The molecule has 5 nitrogen and oxygen atoms in total. The number of halogens is 3. The first kappa shape index (κ1) is 22.4. The van der Waals surface area contributed by atoms with Crippen LogP contribution in [0.25, 0.3) is 0 Å². The average Bonchev–Trinajstić information content (AvgIpc) is 2.68. The number of amides is 2. The number of hydrogen-bond acceptors (Lipinski definition) is 2. The van der Waals surface area contributed by atoms with Crippen LogP contribution in [0.5, 0.6) is 0 Å². The van der Waals surface area contributed by atoms with Crippen molar-refractivity contribution in [2.45, 2.75) is 26.2 Å². The van der Waals surface area contributed by atoms with Gasteiger partial charge in [-0.1, -0.05) is 26.0 Å². The second-order valence-corrected chi connectivity index (χ2v) is 7.06. The van der Waals surface area contributed by atoms with Crippen LogP contribution < -0.4 is 15.5 Å². The van der Waals surface area contributed by atoms with Crippen molar-refractivity contribution in [1.29, 1.82) is 0 Å². The van der Waals surface area contributed by atoms with Crippen molar-refractivity contribution >= 4 is 23.2 Å². The zero-order chi connectivity index (χ0) is 21.6. The summed E-state index contributed by atoms with van der Waals surface area (Å²) in [5, 5.41) is 4.94. The molecule has 2 aromatic rings. The minimum absolute atomic E-state index is 0.000789. The first-order valence-corrected chi connectivity index (χ1v) is 9.35. The lowest BCUT2D eigenvalue weighted by Gasteiger charge is -2.14. The Morgan fingerprint density at radius 1 is 0.931 bits per heavy atom. The summed E-state index contributed by atoms with van der Waals surface area (Å²) in [5.41, 5.74) is 1.39. The molecule has 8 heteroatoms. The highest BCUT2D eigenvalue weighted by Gasteiger charge is 2.18. The molecule has 2 amide bonds. The molecule has 29 heavy (non-hydrogen) atoms. The zero-order valence-electron chi connectivity index (χ0n) is 16.6. The van der Waals surface area contributed by atoms with Gasteiger partial charge in [-0.2, -0.15) is 0 Å². The van der Waals surface area contributed by atoms with Crippen molar-refractivity contribution in [3.05, 3.63) is 59.4 Å². The lowest BCUT2D eigenvalue weighted by atomic mass is 9.99. The van der Waals surface area contributed by atoms with E-state index in [4.69, 9.17) is 0 Å². The minimum atomic E-state index is -1.65. The topological polar surface area (TPSA) is 62.6 Å². The van der Waals surface area contributed by atoms with Gasteiger partial charge in [-0.25, -0.2) is 13.2 Å². The minimum Gasteiger partial charge on any atom is -0.322 e. The highest BCUT2D eigenvalue weighted by Crippen LogP contribution is 2.20. The molecule has 156 valence electrons. The summed E-state index contributed by atoms with van der Waals surface area (Å²) >= 11 is 0. The second kappa shape index (κ2) is 10.1. The number of carbonyl (C=O) groups is 2. The number of quaternary nitrogens is 1. The molecule has 3 N–H and O–H groups in total. The normalized spacial score (nSPS) is 12.9. The zero-order valence-corrected chi connectivity index (χ0v) is 16.6. The Morgan fingerprint density at radius 3 is 2.10 bits per heavy atom. The van der Waals surface area contributed by atoms with Gasteiger partial charge in [-0.05, 0) is 42.2 Å². The molecule has 0 fully saturated rings. The Kier molecular flexibility index (Phi) is 7.78. The van der Waals surface area contributed by atoms with Crippen LogP contribution in [0.3, 0.4) is 0 Å². The molecule has 0 bridgehead atoms. The van der Waals surface area contributed by atoms with E-state index in [1.807, 2.05) is 24.3 Å². The predicted octanol–water partition coefficient (Wildman–Crippen LogP) is 2.71. The molecule has 0 aliphatic carbocycles. The average molecular weight is 408 g/mol. The van der Waals surface area contributed by atoms with Crippen molar-refractivity contribution in [2.75, 3.05) is 30.8 Å². The van der Waals surface area contributed by atoms with Crippen LogP contribution in [-0.4, -0.2) is 32.0 Å². The summed E-state index contributed by atoms with van der Waals surface area (Å²) in [4.78, 5) is 24.7. The molecule has 1 unspecified atom stereocenters. The van der Waals surface area contributed by atoms with Crippen molar-refractivity contribution < 1.29 is 27.7 Å². The van der Waals surface area contributed by atoms with Gasteiger partial charge in [0.15, 0.2) is 30.5 Å². The van der Waals surface area contributed by atoms with Crippen LogP contribution in [0.15, 0.2) is 36.4 Å². The molecule has 0 aromatic heterocycles. The van der Waals surface area contributed by atoms with Crippen molar-refractivity contribution in [3.63, 3.8) is 0 Å². The summed E-state index contributed by atoms with van der Waals surface area (Å²) in [6, 6.07) is 9.25. The van der Waals surface area contributed by atoms with Gasteiger partial charge in [0.25, 0.3) is 11.8 Å². The van der Waals surface area contributed by atoms with E-state index in [1.54, 1.807) is 7.05 Å². The Hall–Kier alpha value is -2.87. The number of likely N-dealkylation sites (N-methyl/N-ethyl adjacent to an activating group) is 1. The number of rotatable bonds is 8. The molecule has 0 aliphatic heterocycles. The molecule has 0 saturated carbocycles. The number of hydrogen-bond donors (Lipinski definition) is 3. The molecule has 0 aliphatic rings. The summed E-state index contributed by atoms with van der Waals surface area (Å²) in [6.07, 6.45) is 1.02. The van der Waals surface area contributed by atoms with Crippen LogP contribution in [0.2, 0.25) is 0 Å². The first-order chi connectivity index (χ1) is 13.7. The van der Waals surface area contributed by atoms with E-state index >= 15 is 0 Å². The first-order valence-electron chi connectivity index (χ1n) is 9.35. The van der Waals surface area contributed by atoms with E-state index in [2.05, 4.69) is 24.5 Å². The summed E-state index contributed by atoms with van der Waals surface area (Å²) in [6.45, 7) is 4.08. The van der Waals surface area contributed by atoms with Crippen LogP contribution in [0.1, 0.15) is 31.7 Å². The second-order valence-electron chi connectivity index (χ2n) is 7.06. The van der Waals surface area contributed by atoms with E-state index in [-0.39, 0.29) is 19.0 Å². The number of nitrogens with one attached hydrogen (secondary N) is 3. The third-order valence-corrected chi connectivity index (χ3v) is 4.61. The van der Waals surface area contributed by atoms with Crippen LogP contribution in [-0.2, 0) is 9.59 Å². The van der Waals surface area contributed by atoms with E-state index in [0.29, 0.717) is 16.5 Å². The monoisotopic (exact) mass is 408 g/mol. The highest BCUT2D eigenvalue weighted by atomic mass is 19.2. The third-order valence-electron chi connectivity index (χ3n) is 4.61. The van der Waals surface area contributed by atoms with Crippen LogP contribution in [0.4, 0.5) is 24.5 Å². The largest absolute Gasteiger partial charge is 0.322 e. The van der Waals surface area contributed by atoms with Gasteiger partial charge in [0.05, 0.1) is 12.7 Å². The quantitative estimate of drug-likeness (QED) is 0.588. The van der Waals surface area contributed by atoms with Crippen LogP contribution in [0, 0.1) is 17.5 Å². The lowest BCUT2D eigenvalue weighted by molar-refractivity contribution is -0.862. The van der Waals surface area contributed by atoms with Gasteiger partial charge in [0.1, 0.15) is 0 Å². The lowest BCUT2D eigenvalue weighted by Crippen LogP contribution is -3.11. The maximum Gasteiger partial charge on any atom is 0.279 e. The Bertz CT molecular complexity index is 872. The maximum atomic E-state index is 13.6. The van der Waals surface area contributed by atoms with E-state index in [0.717, 1.165) is 18.6 Å². The fourth-order valence-electron chi connectivity index (χ4n) is 2.76. The fourth-order valence-corrected chi connectivity index (χ4v) is 2.76. The predicted molar refractivity (Wildman–Crippen MR) is 105 cm³/mol. The molecule has 2 rings (SSSR count). The number of benzene rings is 2. The van der Waals surface area contributed by atoms with Crippen molar-refractivity contribution in [2.24, 2.45) is 0 Å². The maximum absolute atomic E-state index is 13.6. The van der Waals surface area contributed by atoms with Crippen LogP contribution >= 0.6 is 0 Å². The smallest absolute Gasteiger partial charge is 0.279 e. The molecule has 0 spiro atoms. The van der Waals surface area contributed by atoms with E-state index in [9.17, 15) is 22.8 Å². The standard InChI is InChI=1S/C21H24F3N3O2/c1-4-13(2)14-5-7-15(8-6-14)25-18(28)11-27(3)12-19(29)26-17-10-9-16(22)20(23)21(17)24/h5-10,13H,4,11-12H2,1-3H3,(H,25,28)(H,26,29)/p+1/t13-/m0/s1.